The summed E-state index contributed by atoms with van der Waals surface area (Å²) in [7, 11) is 0. The second-order valence-corrected chi connectivity index (χ2v) is 7.33. The van der Waals surface area contributed by atoms with Gasteiger partial charge in [0.2, 0.25) is 0 Å². The van der Waals surface area contributed by atoms with Crippen LogP contribution in [-0.2, 0) is 10.9 Å². The highest BCUT2D eigenvalue weighted by Crippen LogP contribution is 2.47. The van der Waals surface area contributed by atoms with E-state index in [1.165, 1.54) is 4.90 Å². The molecular formula is C16H22F3N3O2S. The number of hydrogen-bond donors (Lipinski definition) is 1. The zero-order valence-electron chi connectivity index (χ0n) is 14.8. The van der Waals surface area contributed by atoms with Gasteiger partial charge in [-0.1, -0.05) is 13.8 Å². The van der Waals surface area contributed by atoms with Crippen molar-refractivity contribution in [2.45, 2.75) is 52.3 Å². The van der Waals surface area contributed by atoms with Gasteiger partial charge in [0.15, 0.2) is 0 Å². The van der Waals surface area contributed by atoms with Crippen LogP contribution in [0.3, 0.4) is 0 Å². The van der Waals surface area contributed by atoms with Gasteiger partial charge in [-0.05, 0) is 20.8 Å². The summed E-state index contributed by atoms with van der Waals surface area (Å²) in [5.74, 6) is -0.567. The number of likely N-dealkylation sites (tertiary alicyclic amines) is 1. The Labute approximate surface area is 149 Å². The van der Waals surface area contributed by atoms with Gasteiger partial charge < -0.3 is 15.4 Å². The predicted molar refractivity (Wildman–Crippen MR) is 90.3 cm³/mol. The molecule has 0 aliphatic carbocycles. The summed E-state index contributed by atoms with van der Waals surface area (Å²) < 4.78 is 44.5. The number of rotatable bonds is 1. The molecule has 0 aromatic carbocycles. The van der Waals surface area contributed by atoms with Gasteiger partial charge in [-0.2, -0.15) is 18.4 Å². The molecule has 1 amide bonds. The quantitative estimate of drug-likeness (QED) is 0.777. The third-order valence-electron chi connectivity index (χ3n) is 3.28. The number of carbonyl (C=O) groups excluding carboxylic acids is 1. The number of carbonyl (C=O) groups is 1. The molecule has 1 aliphatic rings. The van der Waals surface area contributed by atoms with Gasteiger partial charge in [0.05, 0.1) is 5.56 Å². The molecule has 5 nitrogen and oxygen atoms in total. The highest BCUT2D eigenvalue weighted by Gasteiger charge is 2.44. The lowest BCUT2D eigenvalue weighted by Gasteiger charge is -2.40. The first kappa shape index (κ1) is 21.1. The Morgan fingerprint density at radius 2 is 1.84 bits per heavy atom. The topological polar surface area (TPSA) is 79.3 Å². The third kappa shape index (κ3) is 4.78. The van der Waals surface area contributed by atoms with Crippen molar-refractivity contribution in [3.63, 3.8) is 0 Å². The van der Waals surface area contributed by atoms with Crippen molar-refractivity contribution in [1.29, 1.82) is 5.26 Å². The van der Waals surface area contributed by atoms with Crippen molar-refractivity contribution in [1.82, 2.24) is 4.90 Å². The molecule has 0 spiro atoms. The van der Waals surface area contributed by atoms with Crippen LogP contribution in [0, 0.1) is 11.3 Å². The smallest absolute Gasteiger partial charge is 0.425 e. The first-order valence-electron chi connectivity index (χ1n) is 7.81. The standard InChI is InChI=1S/C14H16F3N3O2S.C2H6/c1-13(2,3)22-12(21)20-5-7(6-20)9-8(4-18)11(19)23-10(9)14(15,16)17;1-2/h7H,5-6,19H2,1-3H3;1-2H3. The zero-order chi connectivity index (χ0) is 19.6. The molecule has 0 atom stereocenters. The normalized spacial score (nSPS) is 14.9. The molecule has 1 saturated heterocycles. The van der Waals surface area contributed by atoms with E-state index >= 15 is 0 Å². The Bertz CT molecular complexity index is 666. The van der Waals surface area contributed by atoms with Gasteiger partial charge in [-0.15, -0.1) is 11.3 Å². The molecule has 9 heteroatoms. The van der Waals surface area contributed by atoms with Crippen molar-refractivity contribution in [2.24, 2.45) is 0 Å². The zero-order valence-corrected chi connectivity index (χ0v) is 15.6. The fourth-order valence-electron chi connectivity index (χ4n) is 2.31. The number of nitrogens with zero attached hydrogens (tertiary/aromatic N) is 2. The maximum absolute atomic E-state index is 13.1. The third-order valence-corrected chi connectivity index (χ3v) is 4.36. The fraction of sp³-hybridized carbons (Fsp3) is 0.625. The number of nitriles is 1. The molecule has 1 aromatic heterocycles. The summed E-state index contributed by atoms with van der Waals surface area (Å²) in [4.78, 5) is 12.3. The van der Waals surface area contributed by atoms with E-state index in [9.17, 15) is 18.0 Å². The van der Waals surface area contributed by atoms with Crippen LogP contribution in [0.1, 0.15) is 56.5 Å². The molecule has 25 heavy (non-hydrogen) atoms. The van der Waals surface area contributed by atoms with Crippen molar-refractivity contribution < 1.29 is 22.7 Å². The minimum absolute atomic E-state index is 0.0723. The number of nitrogens with two attached hydrogens (primary N) is 1. The van der Waals surface area contributed by atoms with E-state index in [1.807, 2.05) is 13.8 Å². The Kier molecular flexibility index (Phi) is 6.34. The van der Waals surface area contributed by atoms with Crippen molar-refractivity contribution in [3.05, 3.63) is 16.0 Å². The number of halogens is 3. The van der Waals surface area contributed by atoms with Crippen LogP contribution in [0.4, 0.5) is 23.0 Å². The second kappa shape index (κ2) is 7.52. The molecule has 2 N–H and O–H groups in total. The molecule has 1 aromatic rings. The largest absolute Gasteiger partial charge is 0.444 e. The van der Waals surface area contributed by atoms with Crippen LogP contribution in [0.2, 0.25) is 0 Å². The molecule has 1 aliphatic heterocycles. The SMILES string of the molecule is CC.CC(C)(C)OC(=O)N1CC(c2c(C(F)(F)F)sc(N)c2C#N)C1. The first-order chi connectivity index (χ1) is 11.4. The van der Waals surface area contributed by atoms with E-state index in [0.717, 1.165) is 0 Å². The van der Waals surface area contributed by atoms with Gasteiger partial charge in [0.25, 0.3) is 0 Å². The molecule has 0 radical (unpaired) electrons. The van der Waals surface area contributed by atoms with Crippen molar-refractivity contribution in [3.8, 4) is 6.07 Å². The number of ether oxygens (including phenoxy) is 1. The lowest BCUT2D eigenvalue weighted by molar-refractivity contribution is -0.135. The monoisotopic (exact) mass is 377 g/mol. The number of nitrogen functional groups attached to an aromatic ring is 1. The van der Waals surface area contributed by atoms with Gasteiger partial charge in [0, 0.05) is 24.6 Å². The van der Waals surface area contributed by atoms with Gasteiger partial charge in [-0.3, -0.25) is 0 Å². The Hall–Kier alpha value is -1.95. The van der Waals surface area contributed by atoms with Gasteiger partial charge in [-0.25, -0.2) is 4.79 Å². The van der Waals surface area contributed by atoms with E-state index in [2.05, 4.69) is 0 Å². The Morgan fingerprint density at radius 3 is 2.24 bits per heavy atom. The Balaban J connectivity index is 0.00000151. The molecule has 2 heterocycles. The number of anilines is 1. The summed E-state index contributed by atoms with van der Waals surface area (Å²) in [5.41, 5.74) is 4.61. The summed E-state index contributed by atoms with van der Waals surface area (Å²) in [6.07, 6.45) is -5.15. The van der Waals surface area contributed by atoms with E-state index < -0.39 is 28.7 Å². The summed E-state index contributed by atoms with van der Waals surface area (Å²) in [5, 5.41) is 8.93. The minimum atomic E-state index is -4.57. The van der Waals surface area contributed by atoms with Crippen molar-refractivity contribution in [2.75, 3.05) is 18.8 Å². The van der Waals surface area contributed by atoms with Gasteiger partial charge in [0.1, 0.15) is 21.5 Å². The van der Waals surface area contributed by atoms with Gasteiger partial charge >= 0.3 is 12.3 Å². The number of alkyl halides is 3. The molecular weight excluding hydrogens is 355 g/mol. The molecule has 2 rings (SSSR count). The fourth-order valence-corrected chi connectivity index (χ4v) is 3.29. The summed E-state index contributed by atoms with van der Waals surface area (Å²) in [6, 6.07) is 1.74. The van der Waals surface area contributed by atoms with Crippen LogP contribution in [-0.4, -0.2) is 29.7 Å². The lowest BCUT2D eigenvalue weighted by Crippen LogP contribution is -2.50. The Morgan fingerprint density at radius 1 is 1.32 bits per heavy atom. The second-order valence-electron chi connectivity index (χ2n) is 6.28. The number of amides is 1. The molecule has 0 saturated carbocycles. The number of hydrogen-bond acceptors (Lipinski definition) is 5. The number of thiophene rings is 1. The van der Waals surface area contributed by atoms with E-state index in [1.54, 1.807) is 26.8 Å². The summed E-state index contributed by atoms with van der Waals surface area (Å²) in [6.45, 7) is 9.26. The maximum Gasteiger partial charge on any atom is 0.425 e. The highest BCUT2D eigenvalue weighted by molar-refractivity contribution is 7.16. The predicted octanol–water partition coefficient (Wildman–Crippen LogP) is 4.58. The maximum atomic E-state index is 13.1. The van der Waals surface area contributed by atoms with Crippen LogP contribution in [0.25, 0.3) is 0 Å². The average Bonchev–Trinajstić information content (AvgIpc) is 2.74. The van der Waals surface area contributed by atoms with Crippen LogP contribution in [0.15, 0.2) is 0 Å². The van der Waals surface area contributed by atoms with Crippen molar-refractivity contribution >= 4 is 22.4 Å². The summed E-state index contributed by atoms with van der Waals surface area (Å²) >= 11 is 0.365. The average molecular weight is 377 g/mol. The molecule has 0 unspecified atom stereocenters. The van der Waals surface area contributed by atoms with E-state index in [0.29, 0.717) is 11.3 Å². The minimum Gasteiger partial charge on any atom is -0.444 e. The lowest BCUT2D eigenvalue weighted by atomic mass is 9.89. The van der Waals surface area contributed by atoms with E-state index in [-0.39, 0.29) is 29.2 Å². The van der Waals surface area contributed by atoms with Crippen LogP contribution >= 0.6 is 11.3 Å². The van der Waals surface area contributed by atoms with Crippen LogP contribution < -0.4 is 5.73 Å². The molecule has 1 fully saturated rings. The highest BCUT2D eigenvalue weighted by atomic mass is 32.1. The first-order valence-corrected chi connectivity index (χ1v) is 8.63. The molecule has 0 bridgehead atoms. The van der Waals surface area contributed by atoms with E-state index in [4.69, 9.17) is 15.7 Å². The molecule has 140 valence electrons. The van der Waals surface area contributed by atoms with Crippen LogP contribution in [0.5, 0.6) is 0 Å².